The molecule has 4 heteroatoms. The Labute approximate surface area is 105 Å². The molecule has 0 unspecified atom stereocenters. The number of H-pyrrole nitrogens is 1. The summed E-state index contributed by atoms with van der Waals surface area (Å²) in [4.78, 5) is 14.6. The third kappa shape index (κ3) is 2.02. The number of carboxylic acid groups (broad SMARTS) is 1. The van der Waals surface area contributed by atoms with Gasteiger partial charge in [-0.1, -0.05) is 24.3 Å². The van der Waals surface area contributed by atoms with Crippen LogP contribution in [-0.4, -0.2) is 22.6 Å². The maximum absolute atomic E-state index is 11.5. The summed E-state index contributed by atoms with van der Waals surface area (Å²) in [6.07, 6.45) is 1.64. The summed E-state index contributed by atoms with van der Waals surface area (Å²) in [5.74, 6) is -0.920. The number of carbonyl (C=O) groups is 1. The van der Waals surface area contributed by atoms with Crippen LogP contribution in [0.2, 0.25) is 0 Å². The van der Waals surface area contributed by atoms with E-state index in [4.69, 9.17) is 0 Å². The van der Waals surface area contributed by atoms with Crippen LogP contribution in [0, 0.1) is 0 Å². The number of nitrogens with one attached hydrogen (secondary N) is 2. The molecule has 0 aliphatic carbocycles. The van der Waals surface area contributed by atoms with E-state index in [1.54, 1.807) is 13.0 Å². The van der Waals surface area contributed by atoms with Crippen LogP contribution in [0.5, 0.6) is 0 Å². The lowest BCUT2D eigenvalue weighted by atomic mass is 9.98. The maximum atomic E-state index is 11.5. The predicted octanol–water partition coefficient (Wildman–Crippen LogP) is 2.24. The highest BCUT2D eigenvalue weighted by Gasteiger charge is 2.35. The minimum Gasteiger partial charge on any atom is -0.480 e. The molecule has 0 bridgehead atoms. The zero-order valence-corrected chi connectivity index (χ0v) is 10.2. The van der Waals surface area contributed by atoms with Gasteiger partial charge in [0.05, 0.1) is 0 Å². The molecule has 0 fully saturated rings. The Bertz CT molecular complexity index is 555. The largest absolute Gasteiger partial charge is 0.480 e. The van der Waals surface area contributed by atoms with Gasteiger partial charge in [0.1, 0.15) is 0 Å². The van der Waals surface area contributed by atoms with Gasteiger partial charge < -0.3 is 10.1 Å². The van der Waals surface area contributed by atoms with Crippen LogP contribution >= 0.6 is 0 Å². The number of carboxylic acids is 1. The van der Waals surface area contributed by atoms with Crippen molar-refractivity contribution in [2.75, 3.05) is 6.54 Å². The average molecular weight is 244 g/mol. The summed E-state index contributed by atoms with van der Waals surface area (Å²) >= 11 is 0. The van der Waals surface area contributed by atoms with E-state index in [2.05, 4.69) is 16.9 Å². The first-order valence-electron chi connectivity index (χ1n) is 5.75. The number of benzene rings is 1. The molecule has 2 rings (SSSR count). The normalized spacial score (nSPS) is 14.3. The number of aromatic amines is 1. The lowest BCUT2D eigenvalue weighted by Gasteiger charge is -2.24. The third-order valence-corrected chi connectivity index (χ3v) is 3.10. The molecule has 3 N–H and O–H groups in total. The zero-order valence-electron chi connectivity index (χ0n) is 10.2. The van der Waals surface area contributed by atoms with Crippen molar-refractivity contribution in [1.82, 2.24) is 10.3 Å². The molecule has 94 valence electrons. The summed E-state index contributed by atoms with van der Waals surface area (Å²) in [6.45, 7) is 5.67. The van der Waals surface area contributed by atoms with Crippen molar-refractivity contribution in [2.45, 2.75) is 12.5 Å². The number of para-hydroxylation sites is 1. The molecule has 1 aromatic carbocycles. The van der Waals surface area contributed by atoms with E-state index in [1.165, 1.54) is 0 Å². The molecule has 1 heterocycles. The first-order chi connectivity index (χ1) is 8.58. The Morgan fingerprint density at radius 2 is 2.28 bits per heavy atom. The minimum atomic E-state index is -1.15. The molecule has 0 saturated heterocycles. The van der Waals surface area contributed by atoms with Crippen molar-refractivity contribution >= 4 is 16.9 Å². The van der Waals surface area contributed by atoms with Crippen molar-refractivity contribution in [1.29, 1.82) is 0 Å². The van der Waals surface area contributed by atoms with Gasteiger partial charge in [0.2, 0.25) is 0 Å². The Morgan fingerprint density at radius 3 is 2.89 bits per heavy atom. The van der Waals surface area contributed by atoms with Crippen LogP contribution in [0.3, 0.4) is 0 Å². The molecule has 4 nitrogen and oxygen atoms in total. The van der Waals surface area contributed by atoms with Gasteiger partial charge >= 0.3 is 5.97 Å². The van der Waals surface area contributed by atoms with E-state index < -0.39 is 11.5 Å². The van der Waals surface area contributed by atoms with Crippen LogP contribution < -0.4 is 5.32 Å². The van der Waals surface area contributed by atoms with Gasteiger partial charge in [-0.15, -0.1) is 6.58 Å². The second-order valence-corrected chi connectivity index (χ2v) is 4.37. The van der Waals surface area contributed by atoms with Crippen LogP contribution in [0.15, 0.2) is 43.0 Å². The van der Waals surface area contributed by atoms with E-state index >= 15 is 0 Å². The SMILES string of the molecule is C=CCN[C@@](C)(C(=O)O)c1cc2ccccc2[nH]1. The number of fused-ring (bicyclic) bond motifs is 1. The van der Waals surface area contributed by atoms with Gasteiger partial charge in [0, 0.05) is 17.8 Å². The summed E-state index contributed by atoms with van der Waals surface area (Å²) in [5.41, 5.74) is 0.422. The van der Waals surface area contributed by atoms with Crippen molar-refractivity contribution < 1.29 is 9.90 Å². The van der Waals surface area contributed by atoms with E-state index in [1.807, 2.05) is 30.3 Å². The quantitative estimate of drug-likeness (QED) is 0.707. The van der Waals surface area contributed by atoms with Crippen molar-refractivity contribution in [3.05, 3.63) is 48.7 Å². The molecule has 1 aromatic heterocycles. The van der Waals surface area contributed by atoms with E-state index in [9.17, 15) is 9.90 Å². The Balaban J connectivity index is 2.47. The maximum Gasteiger partial charge on any atom is 0.329 e. The molecular weight excluding hydrogens is 228 g/mol. The van der Waals surface area contributed by atoms with Crippen LogP contribution in [-0.2, 0) is 10.3 Å². The molecule has 0 saturated carbocycles. The lowest BCUT2D eigenvalue weighted by Crippen LogP contribution is -2.47. The molecule has 18 heavy (non-hydrogen) atoms. The van der Waals surface area contributed by atoms with Crippen molar-refractivity contribution in [2.24, 2.45) is 0 Å². The van der Waals surface area contributed by atoms with Gasteiger partial charge in [-0.2, -0.15) is 0 Å². The molecule has 0 aliphatic heterocycles. The first kappa shape index (κ1) is 12.4. The molecule has 0 aliphatic rings. The average Bonchev–Trinajstić information content (AvgIpc) is 2.79. The fourth-order valence-electron chi connectivity index (χ4n) is 1.91. The van der Waals surface area contributed by atoms with Crippen molar-refractivity contribution in [3.8, 4) is 0 Å². The number of hydrogen-bond donors (Lipinski definition) is 3. The number of rotatable bonds is 5. The Kier molecular flexibility index (Phi) is 3.21. The fourth-order valence-corrected chi connectivity index (χ4v) is 1.91. The smallest absolute Gasteiger partial charge is 0.329 e. The Hall–Kier alpha value is -2.07. The third-order valence-electron chi connectivity index (χ3n) is 3.10. The highest BCUT2D eigenvalue weighted by molar-refractivity contribution is 5.85. The summed E-state index contributed by atoms with van der Waals surface area (Å²) < 4.78 is 0. The monoisotopic (exact) mass is 244 g/mol. The van der Waals surface area contributed by atoms with Gasteiger partial charge in [-0.3, -0.25) is 5.32 Å². The Morgan fingerprint density at radius 1 is 1.56 bits per heavy atom. The standard InChI is InChI=1S/C14H16N2O2/c1-3-8-15-14(2,13(17)18)12-9-10-6-4-5-7-11(10)16-12/h3-7,9,15-16H,1,8H2,2H3,(H,17,18)/t14-/m1/s1. The van der Waals surface area contributed by atoms with E-state index in [0.29, 0.717) is 12.2 Å². The lowest BCUT2D eigenvalue weighted by molar-refractivity contribution is -0.144. The van der Waals surface area contributed by atoms with Gasteiger partial charge in [0.15, 0.2) is 5.54 Å². The molecule has 2 aromatic rings. The van der Waals surface area contributed by atoms with Crippen LogP contribution in [0.4, 0.5) is 0 Å². The van der Waals surface area contributed by atoms with Crippen molar-refractivity contribution in [3.63, 3.8) is 0 Å². The van der Waals surface area contributed by atoms with Gasteiger partial charge in [-0.25, -0.2) is 4.79 Å². The summed E-state index contributed by atoms with van der Waals surface area (Å²) in [6, 6.07) is 9.58. The van der Waals surface area contributed by atoms with Crippen LogP contribution in [0.25, 0.3) is 10.9 Å². The highest BCUT2D eigenvalue weighted by Crippen LogP contribution is 2.24. The number of aromatic nitrogens is 1. The van der Waals surface area contributed by atoms with Crippen LogP contribution in [0.1, 0.15) is 12.6 Å². The number of aliphatic carboxylic acids is 1. The second kappa shape index (κ2) is 4.66. The fraction of sp³-hybridized carbons (Fsp3) is 0.214. The summed E-state index contributed by atoms with van der Waals surface area (Å²) in [5, 5.41) is 13.4. The topological polar surface area (TPSA) is 65.1 Å². The molecule has 0 radical (unpaired) electrons. The zero-order chi connectivity index (χ0) is 13.2. The first-order valence-corrected chi connectivity index (χ1v) is 5.75. The molecule has 0 amide bonds. The number of hydrogen-bond acceptors (Lipinski definition) is 2. The summed E-state index contributed by atoms with van der Waals surface area (Å²) in [7, 11) is 0. The molecule has 0 spiro atoms. The highest BCUT2D eigenvalue weighted by atomic mass is 16.4. The molecular formula is C14H16N2O2. The van der Waals surface area contributed by atoms with Gasteiger partial charge in [0.25, 0.3) is 0 Å². The molecule has 1 atom stereocenters. The van der Waals surface area contributed by atoms with E-state index in [-0.39, 0.29) is 0 Å². The predicted molar refractivity (Wildman–Crippen MR) is 71.5 cm³/mol. The van der Waals surface area contributed by atoms with E-state index in [0.717, 1.165) is 10.9 Å². The van der Waals surface area contributed by atoms with Gasteiger partial charge in [-0.05, 0) is 24.4 Å². The minimum absolute atomic E-state index is 0.429. The second-order valence-electron chi connectivity index (χ2n) is 4.37.